The molecule has 146 valence electrons. The van der Waals surface area contributed by atoms with Crippen molar-refractivity contribution in [3.05, 3.63) is 29.8 Å². The Balaban J connectivity index is 1.56. The van der Waals surface area contributed by atoms with Gasteiger partial charge < -0.3 is 20.3 Å². The van der Waals surface area contributed by atoms with Gasteiger partial charge in [0.15, 0.2) is 6.54 Å². The zero-order valence-corrected chi connectivity index (χ0v) is 15.8. The summed E-state index contributed by atoms with van der Waals surface area (Å²) in [6, 6.07) is 7.31. The predicted octanol–water partition coefficient (Wildman–Crippen LogP) is 0.375. The topological polar surface area (TPSA) is 88.9 Å². The number of nitrogens with one attached hydrogen (secondary N) is 3. The van der Waals surface area contributed by atoms with Crippen LogP contribution in [-0.4, -0.2) is 50.1 Å². The van der Waals surface area contributed by atoms with Gasteiger partial charge >= 0.3 is 5.97 Å². The van der Waals surface area contributed by atoms with Crippen molar-refractivity contribution in [1.29, 1.82) is 0 Å². The third-order valence-electron chi connectivity index (χ3n) is 5.01. The van der Waals surface area contributed by atoms with Crippen molar-refractivity contribution in [3.8, 4) is 0 Å². The Hall–Kier alpha value is -2.41. The van der Waals surface area contributed by atoms with Gasteiger partial charge in [-0.2, -0.15) is 0 Å². The lowest BCUT2D eigenvalue weighted by Crippen LogP contribution is -3.14. The number of esters is 1. The van der Waals surface area contributed by atoms with E-state index in [1.807, 2.05) is 0 Å². The highest BCUT2D eigenvalue weighted by molar-refractivity contribution is 6.04. The van der Waals surface area contributed by atoms with Crippen LogP contribution >= 0.6 is 0 Å². The molecule has 1 saturated heterocycles. The number of rotatable bonds is 7. The van der Waals surface area contributed by atoms with E-state index in [9.17, 15) is 14.4 Å². The molecule has 1 aliphatic carbocycles. The Morgan fingerprint density at radius 3 is 2.70 bits per heavy atom. The highest BCUT2D eigenvalue weighted by atomic mass is 16.5. The van der Waals surface area contributed by atoms with Crippen LogP contribution in [0.3, 0.4) is 0 Å². The molecule has 0 radical (unpaired) electrons. The molecule has 1 aromatic carbocycles. The van der Waals surface area contributed by atoms with Crippen LogP contribution in [0.2, 0.25) is 0 Å². The lowest BCUT2D eigenvalue weighted by atomic mass is 9.98. The molecule has 2 amide bonds. The quantitative estimate of drug-likeness (QED) is 0.602. The Morgan fingerprint density at radius 1 is 1.19 bits per heavy atom. The number of piperidine rings is 1. The van der Waals surface area contributed by atoms with Crippen molar-refractivity contribution in [3.63, 3.8) is 0 Å². The van der Waals surface area contributed by atoms with Crippen molar-refractivity contribution in [2.45, 2.75) is 38.6 Å². The number of carbonyl (C=O) groups is 3. The second-order valence-electron chi connectivity index (χ2n) is 7.31. The van der Waals surface area contributed by atoms with Gasteiger partial charge in [0.25, 0.3) is 11.8 Å². The van der Waals surface area contributed by atoms with Gasteiger partial charge in [0.1, 0.15) is 5.92 Å². The Kier molecular flexibility index (Phi) is 6.45. The lowest BCUT2D eigenvalue weighted by molar-refractivity contribution is -0.899. The van der Waals surface area contributed by atoms with Gasteiger partial charge in [-0.3, -0.25) is 14.4 Å². The SMILES string of the molecule is CCOC(=O)[C@@H]1CCC[NH+](CC(=O)Nc2ccccc2C(=O)NC2CC2)C1. The standard InChI is InChI=1S/C20H27N3O4/c1-2-27-20(26)14-6-5-11-23(12-14)13-18(24)22-17-8-4-3-7-16(17)19(25)21-15-9-10-15/h3-4,7-8,14-15H,2,5-6,9-13H2,1H3,(H,21,25)(H,22,24)/p+1/t14-/m1/s1. The molecule has 2 aliphatic rings. The number of hydrogen-bond donors (Lipinski definition) is 3. The summed E-state index contributed by atoms with van der Waals surface area (Å²) in [7, 11) is 0. The molecule has 1 heterocycles. The number of para-hydroxylation sites is 1. The minimum absolute atomic E-state index is 0.141. The van der Waals surface area contributed by atoms with Gasteiger partial charge in [-0.05, 0) is 44.7 Å². The summed E-state index contributed by atoms with van der Waals surface area (Å²) >= 11 is 0. The van der Waals surface area contributed by atoms with Crippen molar-refractivity contribution in [1.82, 2.24) is 5.32 Å². The van der Waals surface area contributed by atoms with E-state index < -0.39 is 0 Å². The van der Waals surface area contributed by atoms with Gasteiger partial charge in [0.2, 0.25) is 0 Å². The molecule has 2 atom stereocenters. The number of ether oxygens (including phenoxy) is 1. The third-order valence-corrected chi connectivity index (χ3v) is 5.01. The average molecular weight is 374 g/mol. The maximum atomic E-state index is 12.5. The highest BCUT2D eigenvalue weighted by Crippen LogP contribution is 2.21. The molecule has 27 heavy (non-hydrogen) atoms. The summed E-state index contributed by atoms with van der Waals surface area (Å²) in [4.78, 5) is 37.9. The Labute approximate surface area is 159 Å². The molecule has 2 fully saturated rings. The largest absolute Gasteiger partial charge is 0.466 e. The van der Waals surface area contributed by atoms with E-state index in [1.54, 1.807) is 31.2 Å². The summed E-state index contributed by atoms with van der Waals surface area (Å²) in [5.74, 6) is -0.613. The molecule has 1 unspecified atom stereocenters. The summed E-state index contributed by atoms with van der Waals surface area (Å²) in [6.07, 6.45) is 3.74. The first kappa shape index (κ1) is 19.4. The molecule has 0 bridgehead atoms. The van der Waals surface area contributed by atoms with Crippen LogP contribution in [0.15, 0.2) is 24.3 Å². The second kappa shape index (κ2) is 8.99. The van der Waals surface area contributed by atoms with Crippen molar-refractivity contribution >= 4 is 23.5 Å². The van der Waals surface area contributed by atoms with Crippen LogP contribution in [0.5, 0.6) is 0 Å². The van der Waals surface area contributed by atoms with Gasteiger partial charge in [-0.15, -0.1) is 0 Å². The van der Waals surface area contributed by atoms with E-state index >= 15 is 0 Å². The van der Waals surface area contributed by atoms with Crippen LogP contribution in [0, 0.1) is 5.92 Å². The average Bonchev–Trinajstić information content (AvgIpc) is 3.46. The van der Waals surface area contributed by atoms with Gasteiger partial charge in [0, 0.05) is 6.04 Å². The Bertz CT molecular complexity index is 702. The van der Waals surface area contributed by atoms with E-state index in [-0.39, 0.29) is 36.3 Å². The molecular formula is C20H28N3O4+. The fourth-order valence-corrected chi connectivity index (χ4v) is 3.48. The maximum absolute atomic E-state index is 12.5. The van der Waals surface area contributed by atoms with E-state index in [2.05, 4.69) is 10.6 Å². The molecule has 1 aliphatic heterocycles. The summed E-state index contributed by atoms with van der Waals surface area (Å²) in [5, 5.41) is 5.81. The van der Waals surface area contributed by atoms with Gasteiger partial charge in [0.05, 0.1) is 30.9 Å². The first-order valence-corrected chi connectivity index (χ1v) is 9.76. The van der Waals surface area contributed by atoms with Crippen LogP contribution in [0.1, 0.15) is 43.0 Å². The van der Waals surface area contributed by atoms with Crippen LogP contribution in [0.25, 0.3) is 0 Å². The van der Waals surface area contributed by atoms with Crippen molar-refractivity contribution < 1.29 is 24.0 Å². The van der Waals surface area contributed by atoms with Gasteiger partial charge in [-0.1, -0.05) is 12.1 Å². The number of hydrogen-bond acceptors (Lipinski definition) is 4. The van der Waals surface area contributed by atoms with E-state index in [0.29, 0.717) is 24.4 Å². The Morgan fingerprint density at radius 2 is 1.96 bits per heavy atom. The summed E-state index contributed by atoms with van der Waals surface area (Å²) in [5.41, 5.74) is 1.01. The lowest BCUT2D eigenvalue weighted by Gasteiger charge is -2.28. The molecule has 0 aromatic heterocycles. The van der Waals surface area contributed by atoms with Crippen molar-refractivity contribution in [2.24, 2.45) is 5.92 Å². The maximum Gasteiger partial charge on any atom is 0.314 e. The van der Waals surface area contributed by atoms with E-state index in [4.69, 9.17) is 4.74 Å². The summed E-state index contributed by atoms with van der Waals surface area (Å²) in [6.45, 7) is 3.91. The monoisotopic (exact) mass is 374 g/mol. The molecule has 0 spiro atoms. The first-order valence-electron chi connectivity index (χ1n) is 9.76. The van der Waals surface area contributed by atoms with E-state index in [1.165, 1.54) is 0 Å². The molecule has 3 rings (SSSR count). The van der Waals surface area contributed by atoms with Crippen molar-refractivity contribution in [2.75, 3.05) is 31.6 Å². The smallest absolute Gasteiger partial charge is 0.314 e. The minimum atomic E-state index is -0.169. The molecule has 7 nitrogen and oxygen atoms in total. The number of benzene rings is 1. The normalized spacial score (nSPS) is 22.0. The second-order valence-corrected chi connectivity index (χ2v) is 7.31. The molecule has 7 heteroatoms. The third kappa shape index (κ3) is 5.53. The molecule has 1 saturated carbocycles. The van der Waals surface area contributed by atoms with Crippen LogP contribution in [0.4, 0.5) is 5.69 Å². The van der Waals surface area contributed by atoms with Crippen LogP contribution in [-0.2, 0) is 14.3 Å². The minimum Gasteiger partial charge on any atom is -0.466 e. The fourth-order valence-electron chi connectivity index (χ4n) is 3.48. The predicted molar refractivity (Wildman–Crippen MR) is 100 cm³/mol. The number of carbonyl (C=O) groups excluding carboxylic acids is 3. The zero-order valence-electron chi connectivity index (χ0n) is 15.8. The highest BCUT2D eigenvalue weighted by Gasteiger charge is 2.31. The number of anilines is 1. The molecule has 3 N–H and O–H groups in total. The number of likely N-dealkylation sites (tertiary alicyclic amines) is 1. The first-order chi connectivity index (χ1) is 13.1. The summed E-state index contributed by atoms with van der Waals surface area (Å²) < 4.78 is 5.11. The fraction of sp³-hybridized carbons (Fsp3) is 0.550. The number of quaternary nitrogens is 1. The van der Waals surface area contributed by atoms with Crippen LogP contribution < -0.4 is 15.5 Å². The van der Waals surface area contributed by atoms with E-state index in [0.717, 1.165) is 37.1 Å². The zero-order chi connectivity index (χ0) is 19.2. The molecule has 1 aromatic rings. The molecular weight excluding hydrogens is 346 g/mol. The van der Waals surface area contributed by atoms with Gasteiger partial charge in [-0.25, -0.2) is 0 Å². The number of amides is 2.